The molecule has 0 saturated carbocycles. The van der Waals surface area contributed by atoms with Gasteiger partial charge in [0.25, 0.3) is 0 Å². The first kappa shape index (κ1) is 12.2. The Labute approximate surface area is 102 Å². The van der Waals surface area contributed by atoms with Gasteiger partial charge in [-0.05, 0) is 13.1 Å². The van der Waals surface area contributed by atoms with Gasteiger partial charge in [0, 0.05) is 36.7 Å². The third-order valence-electron chi connectivity index (χ3n) is 3.39. The maximum atomic E-state index is 6.17. The summed E-state index contributed by atoms with van der Waals surface area (Å²) in [6.45, 7) is 1.91. The Kier molecular flexibility index (Phi) is 3.54. The van der Waals surface area contributed by atoms with Gasteiger partial charge in [-0.1, -0.05) is 6.07 Å². The van der Waals surface area contributed by atoms with E-state index in [0.29, 0.717) is 5.92 Å². The molecule has 2 rings (SSSR count). The number of nitrogens with zero attached hydrogens (tertiary/aromatic N) is 1. The molecule has 0 radical (unpaired) electrons. The molecule has 2 N–H and O–H groups in total. The molecule has 4 nitrogen and oxygen atoms in total. The minimum atomic E-state index is 0.169. The first-order chi connectivity index (χ1) is 8.15. The van der Waals surface area contributed by atoms with Gasteiger partial charge in [0.05, 0.1) is 14.2 Å². The van der Waals surface area contributed by atoms with Gasteiger partial charge in [0.15, 0.2) is 0 Å². The molecular weight excluding hydrogens is 216 g/mol. The van der Waals surface area contributed by atoms with Gasteiger partial charge in [-0.3, -0.25) is 0 Å². The molecule has 1 aliphatic heterocycles. The van der Waals surface area contributed by atoms with Crippen LogP contribution in [0.25, 0.3) is 0 Å². The quantitative estimate of drug-likeness (QED) is 0.852. The minimum Gasteiger partial charge on any atom is -0.497 e. The van der Waals surface area contributed by atoms with Gasteiger partial charge in [-0.25, -0.2) is 0 Å². The summed E-state index contributed by atoms with van der Waals surface area (Å²) in [5.41, 5.74) is 7.34. The van der Waals surface area contributed by atoms with Gasteiger partial charge in [-0.2, -0.15) is 0 Å². The van der Waals surface area contributed by atoms with Gasteiger partial charge in [-0.15, -0.1) is 0 Å². The first-order valence-electron chi connectivity index (χ1n) is 5.81. The number of likely N-dealkylation sites (tertiary alicyclic amines) is 1. The molecule has 0 amide bonds. The number of methoxy groups -OCH3 is 2. The van der Waals surface area contributed by atoms with Crippen molar-refractivity contribution in [2.75, 3.05) is 34.4 Å². The number of hydrogen-bond donors (Lipinski definition) is 1. The van der Waals surface area contributed by atoms with E-state index < -0.39 is 0 Å². The highest BCUT2D eigenvalue weighted by Crippen LogP contribution is 2.34. The van der Waals surface area contributed by atoms with Crippen molar-refractivity contribution >= 4 is 0 Å². The van der Waals surface area contributed by atoms with Crippen molar-refractivity contribution in [1.29, 1.82) is 0 Å². The summed E-state index contributed by atoms with van der Waals surface area (Å²) in [5.74, 6) is 2.01. The molecule has 1 fully saturated rings. The van der Waals surface area contributed by atoms with Crippen molar-refractivity contribution in [2.45, 2.75) is 12.0 Å². The number of ether oxygens (including phenoxy) is 2. The summed E-state index contributed by atoms with van der Waals surface area (Å²) < 4.78 is 10.6. The molecule has 0 spiro atoms. The molecule has 2 atom stereocenters. The molecule has 1 heterocycles. The zero-order valence-corrected chi connectivity index (χ0v) is 10.6. The molecule has 94 valence electrons. The molecule has 17 heavy (non-hydrogen) atoms. The highest BCUT2D eigenvalue weighted by Gasteiger charge is 2.31. The van der Waals surface area contributed by atoms with Crippen LogP contribution in [-0.2, 0) is 0 Å². The van der Waals surface area contributed by atoms with Crippen molar-refractivity contribution in [3.63, 3.8) is 0 Å². The highest BCUT2D eigenvalue weighted by atomic mass is 16.5. The lowest BCUT2D eigenvalue weighted by molar-refractivity contribution is 0.384. The number of likely N-dealkylation sites (N-methyl/N-ethyl adjacent to an activating group) is 1. The second kappa shape index (κ2) is 4.94. The van der Waals surface area contributed by atoms with Crippen molar-refractivity contribution in [1.82, 2.24) is 4.90 Å². The second-order valence-corrected chi connectivity index (χ2v) is 4.60. The number of benzene rings is 1. The Morgan fingerprint density at radius 1 is 1.24 bits per heavy atom. The second-order valence-electron chi connectivity index (χ2n) is 4.60. The summed E-state index contributed by atoms with van der Waals surface area (Å²) >= 11 is 0. The predicted molar refractivity (Wildman–Crippen MR) is 67.8 cm³/mol. The lowest BCUT2D eigenvalue weighted by Gasteiger charge is -2.18. The standard InChI is InChI=1S/C13H20N2O2/c1-15-7-11(12(14)8-15)10-5-4-9(16-2)6-13(10)17-3/h4-6,11-12H,7-8,14H2,1-3H3/t11-,12-/m1/s1. The van der Waals surface area contributed by atoms with Crippen LogP contribution in [0.4, 0.5) is 0 Å². The normalized spacial score (nSPS) is 24.9. The summed E-state index contributed by atoms with van der Waals surface area (Å²) in [5, 5.41) is 0. The number of hydrogen-bond acceptors (Lipinski definition) is 4. The van der Waals surface area contributed by atoms with Gasteiger partial charge < -0.3 is 20.1 Å². The van der Waals surface area contributed by atoms with Crippen LogP contribution in [-0.4, -0.2) is 45.3 Å². The van der Waals surface area contributed by atoms with Crippen molar-refractivity contribution in [2.24, 2.45) is 5.73 Å². The van der Waals surface area contributed by atoms with Gasteiger partial charge in [0.2, 0.25) is 0 Å². The Morgan fingerprint density at radius 3 is 2.53 bits per heavy atom. The molecule has 4 heteroatoms. The smallest absolute Gasteiger partial charge is 0.126 e. The van der Waals surface area contributed by atoms with E-state index >= 15 is 0 Å². The summed E-state index contributed by atoms with van der Waals surface area (Å²) in [4.78, 5) is 2.25. The average molecular weight is 236 g/mol. The fraction of sp³-hybridized carbons (Fsp3) is 0.538. The van der Waals surface area contributed by atoms with Crippen LogP contribution in [0, 0.1) is 0 Å². The SMILES string of the molecule is COc1ccc([C@H]2CN(C)C[C@H]2N)c(OC)c1. The van der Waals surface area contributed by atoms with Gasteiger partial charge in [0.1, 0.15) is 11.5 Å². The predicted octanol–water partition coefficient (Wildman–Crippen LogP) is 1.06. The van der Waals surface area contributed by atoms with E-state index in [1.807, 2.05) is 12.1 Å². The molecule has 0 aromatic heterocycles. The van der Waals surface area contributed by atoms with E-state index in [2.05, 4.69) is 18.0 Å². The maximum absolute atomic E-state index is 6.17. The highest BCUT2D eigenvalue weighted by molar-refractivity contribution is 5.44. The van der Waals surface area contributed by atoms with Crippen LogP contribution < -0.4 is 15.2 Å². The van der Waals surface area contributed by atoms with E-state index in [1.165, 1.54) is 5.56 Å². The molecule has 1 aromatic rings. The number of nitrogens with two attached hydrogens (primary N) is 1. The Hall–Kier alpha value is -1.26. The molecule has 1 aromatic carbocycles. The summed E-state index contributed by atoms with van der Waals surface area (Å²) in [6.07, 6.45) is 0. The minimum absolute atomic E-state index is 0.169. The summed E-state index contributed by atoms with van der Waals surface area (Å²) in [6, 6.07) is 6.10. The Morgan fingerprint density at radius 2 is 2.00 bits per heavy atom. The van der Waals surface area contributed by atoms with Gasteiger partial charge >= 0.3 is 0 Å². The van der Waals surface area contributed by atoms with Crippen LogP contribution in [0.3, 0.4) is 0 Å². The van der Waals surface area contributed by atoms with Crippen LogP contribution in [0.5, 0.6) is 11.5 Å². The van der Waals surface area contributed by atoms with Crippen LogP contribution in [0.1, 0.15) is 11.5 Å². The third kappa shape index (κ3) is 2.37. The lowest BCUT2D eigenvalue weighted by Crippen LogP contribution is -2.28. The molecule has 0 bridgehead atoms. The van der Waals surface area contributed by atoms with E-state index in [4.69, 9.17) is 15.2 Å². The van der Waals surface area contributed by atoms with E-state index in [-0.39, 0.29) is 6.04 Å². The lowest BCUT2D eigenvalue weighted by atomic mass is 9.94. The molecular formula is C13H20N2O2. The molecule has 1 saturated heterocycles. The van der Waals surface area contributed by atoms with E-state index in [0.717, 1.165) is 24.6 Å². The monoisotopic (exact) mass is 236 g/mol. The molecule has 0 aliphatic carbocycles. The van der Waals surface area contributed by atoms with Crippen LogP contribution >= 0.6 is 0 Å². The molecule has 0 unspecified atom stereocenters. The Balaban J connectivity index is 2.31. The van der Waals surface area contributed by atoms with Crippen LogP contribution in [0.15, 0.2) is 18.2 Å². The Bertz CT molecular complexity index is 395. The summed E-state index contributed by atoms with van der Waals surface area (Å²) in [7, 11) is 5.43. The van der Waals surface area contributed by atoms with E-state index in [1.54, 1.807) is 14.2 Å². The van der Waals surface area contributed by atoms with Crippen molar-refractivity contribution in [3.05, 3.63) is 23.8 Å². The van der Waals surface area contributed by atoms with Crippen LogP contribution in [0.2, 0.25) is 0 Å². The zero-order chi connectivity index (χ0) is 12.4. The van der Waals surface area contributed by atoms with Crippen molar-refractivity contribution < 1.29 is 9.47 Å². The largest absolute Gasteiger partial charge is 0.497 e. The fourth-order valence-electron chi connectivity index (χ4n) is 2.49. The first-order valence-corrected chi connectivity index (χ1v) is 5.81. The zero-order valence-electron chi connectivity index (χ0n) is 10.6. The maximum Gasteiger partial charge on any atom is 0.126 e. The van der Waals surface area contributed by atoms with Crippen molar-refractivity contribution in [3.8, 4) is 11.5 Å². The third-order valence-corrected chi connectivity index (χ3v) is 3.39. The fourth-order valence-corrected chi connectivity index (χ4v) is 2.49. The van der Waals surface area contributed by atoms with E-state index in [9.17, 15) is 0 Å². The average Bonchev–Trinajstić information content (AvgIpc) is 2.67. The topological polar surface area (TPSA) is 47.7 Å². The molecule has 1 aliphatic rings. The number of rotatable bonds is 3.